The maximum atomic E-state index is 13.7. The number of hydrogen-bond acceptors (Lipinski definition) is 2. The van der Waals surface area contributed by atoms with E-state index in [0.717, 1.165) is 10.6 Å². The van der Waals surface area contributed by atoms with Crippen molar-refractivity contribution in [3.63, 3.8) is 0 Å². The van der Waals surface area contributed by atoms with Crippen LogP contribution < -0.4 is 5.43 Å². The minimum absolute atomic E-state index is 0.0413. The second-order valence-corrected chi connectivity index (χ2v) is 7.71. The largest absolute Gasteiger partial charge is 0.409 e. The molecule has 1 N–H and O–H groups in total. The Morgan fingerprint density at radius 1 is 1.13 bits per heavy atom. The topological polar surface area (TPSA) is 32.3 Å². The second kappa shape index (κ2) is 5.51. The van der Waals surface area contributed by atoms with Gasteiger partial charge in [0.2, 0.25) is 5.91 Å². The molecule has 1 aliphatic heterocycles. The molecule has 0 bridgehead atoms. The van der Waals surface area contributed by atoms with E-state index >= 15 is 0 Å². The van der Waals surface area contributed by atoms with Gasteiger partial charge in [-0.2, -0.15) is 18.2 Å². The van der Waals surface area contributed by atoms with E-state index in [1.54, 1.807) is 26.0 Å². The molecular weight excluding hydrogens is 305 g/mol. The van der Waals surface area contributed by atoms with Gasteiger partial charge in [0, 0.05) is 12.0 Å². The number of benzene rings is 1. The molecule has 0 aliphatic carbocycles. The Kier molecular flexibility index (Phi) is 4.26. The molecule has 0 saturated carbocycles. The maximum Gasteiger partial charge on any atom is 0.409 e. The number of alkyl halides is 3. The van der Waals surface area contributed by atoms with Gasteiger partial charge in [0.15, 0.2) is 6.04 Å². The summed E-state index contributed by atoms with van der Waals surface area (Å²) in [7, 11) is 0. The van der Waals surface area contributed by atoms with Gasteiger partial charge in [-0.3, -0.25) is 10.2 Å². The molecule has 1 fully saturated rings. The summed E-state index contributed by atoms with van der Waals surface area (Å²) in [6.45, 7) is 9.29. The van der Waals surface area contributed by atoms with E-state index in [4.69, 9.17) is 0 Å². The quantitative estimate of drug-likeness (QED) is 0.886. The molecule has 6 heteroatoms. The first-order valence-electron chi connectivity index (χ1n) is 7.58. The van der Waals surface area contributed by atoms with Crippen LogP contribution in [0.15, 0.2) is 24.3 Å². The Hall–Kier alpha value is -1.56. The van der Waals surface area contributed by atoms with Crippen LogP contribution in [0.3, 0.4) is 0 Å². The summed E-state index contributed by atoms with van der Waals surface area (Å²) >= 11 is 0. The molecule has 0 aromatic heterocycles. The molecule has 0 unspecified atom stereocenters. The first kappa shape index (κ1) is 17.8. The van der Waals surface area contributed by atoms with E-state index < -0.39 is 23.7 Å². The Balaban J connectivity index is 2.43. The predicted molar refractivity (Wildman–Crippen MR) is 82.6 cm³/mol. The smallest absolute Gasteiger partial charge is 0.287 e. The van der Waals surface area contributed by atoms with Crippen molar-refractivity contribution < 1.29 is 18.0 Å². The van der Waals surface area contributed by atoms with Crippen molar-refractivity contribution in [3.8, 4) is 0 Å². The number of nitrogens with one attached hydrogen (secondary N) is 1. The standard InChI is InChI=1S/C17H23F3N2O/c1-15(2,3)12-8-6-11(7-9-12)14(17(18,19)20)22-16(4,5)10-13(23)21-22/h6-9,14H,10H2,1-5H3,(H,21,23)/t14-/m0/s1. The van der Waals surface area contributed by atoms with E-state index in [1.807, 2.05) is 20.8 Å². The maximum absolute atomic E-state index is 13.7. The highest BCUT2D eigenvalue weighted by atomic mass is 19.4. The summed E-state index contributed by atoms with van der Waals surface area (Å²) in [5.74, 6) is -0.393. The Bertz CT molecular complexity index is 585. The summed E-state index contributed by atoms with van der Waals surface area (Å²) in [5.41, 5.74) is 2.42. The van der Waals surface area contributed by atoms with Crippen LogP contribution in [0.1, 0.15) is 58.2 Å². The van der Waals surface area contributed by atoms with Gasteiger partial charge in [-0.1, -0.05) is 45.0 Å². The lowest BCUT2D eigenvalue weighted by molar-refractivity contribution is -0.203. The number of carbonyl (C=O) groups excluding carboxylic acids is 1. The van der Waals surface area contributed by atoms with Gasteiger partial charge < -0.3 is 0 Å². The number of amides is 1. The van der Waals surface area contributed by atoms with Gasteiger partial charge in [0.1, 0.15) is 0 Å². The number of carbonyl (C=O) groups is 1. The van der Waals surface area contributed by atoms with Crippen LogP contribution >= 0.6 is 0 Å². The van der Waals surface area contributed by atoms with E-state index in [2.05, 4.69) is 5.43 Å². The third kappa shape index (κ3) is 3.68. The molecule has 0 radical (unpaired) electrons. The van der Waals surface area contributed by atoms with Crippen LogP contribution in [-0.2, 0) is 10.2 Å². The first-order chi connectivity index (χ1) is 10.3. The fourth-order valence-electron chi connectivity index (χ4n) is 2.87. The summed E-state index contributed by atoms with van der Waals surface area (Å²) in [6.07, 6.45) is -4.45. The van der Waals surface area contributed by atoms with Gasteiger partial charge in [0.05, 0.1) is 0 Å². The zero-order valence-corrected chi connectivity index (χ0v) is 14.1. The van der Waals surface area contributed by atoms with Crippen LogP contribution in [0, 0.1) is 0 Å². The highest BCUT2D eigenvalue weighted by molar-refractivity contribution is 5.79. The Labute approximate surface area is 134 Å². The van der Waals surface area contributed by atoms with Crippen molar-refractivity contribution in [1.82, 2.24) is 10.4 Å². The van der Waals surface area contributed by atoms with E-state index in [9.17, 15) is 18.0 Å². The zero-order chi connectivity index (χ0) is 17.6. The molecule has 23 heavy (non-hydrogen) atoms. The molecule has 128 valence electrons. The van der Waals surface area contributed by atoms with E-state index in [-0.39, 0.29) is 17.4 Å². The molecule has 1 saturated heterocycles. The molecule has 2 rings (SSSR count). The van der Waals surface area contributed by atoms with E-state index in [0.29, 0.717) is 0 Å². The van der Waals surface area contributed by atoms with Gasteiger partial charge in [-0.05, 0) is 30.4 Å². The number of hydrazine groups is 1. The third-order valence-corrected chi connectivity index (χ3v) is 4.15. The van der Waals surface area contributed by atoms with Gasteiger partial charge in [0.25, 0.3) is 0 Å². The van der Waals surface area contributed by atoms with Crippen molar-refractivity contribution >= 4 is 5.91 Å². The summed E-state index contributed by atoms with van der Waals surface area (Å²) in [5, 5.41) is 1.03. The lowest BCUT2D eigenvalue weighted by Crippen LogP contribution is -2.51. The van der Waals surface area contributed by atoms with Crippen molar-refractivity contribution in [3.05, 3.63) is 35.4 Å². The number of halogens is 3. The molecule has 0 spiro atoms. The first-order valence-corrected chi connectivity index (χ1v) is 7.58. The van der Waals surface area contributed by atoms with Crippen molar-refractivity contribution in [2.45, 2.75) is 64.2 Å². The third-order valence-electron chi connectivity index (χ3n) is 4.15. The van der Waals surface area contributed by atoms with Gasteiger partial charge in [-0.25, -0.2) is 0 Å². The average molecular weight is 328 g/mol. The number of hydrogen-bond donors (Lipinski definition) is 1. The molecule has 3 nitrogen and oxygen atoms in total. The summed E-state index contributed by atoms with van der Waals surface area (Å²) in [4.78, 5) is 11.6. The molecular formula is C17H23F3N2O. The Morgan fingerprint density at radius 2 is 1.65 bits per heavy atom. The highest BCUT2D eigenvalue weighted by Gasteiger charge is 2.52. The van der Waals surface area contributed by atoms with Crippen molar-refractivity contribution in [2.24, 2.45) is 0 Å². The van der Waals surface area contributed by atoms with Gasteiger partial charge in [-0.15, -0.1) is 0 Å². The zero-order valence-electron chi connectivity index (χ0n) is 14.1. The Morgan fingerprint density at radius 3 is 2.00 bits per heavy atom. The molecule has 1 heterocycles. The van der Waals surface area contributed by atoms with Crippen molar-refractivity contribution in [1.29, 1.82) is 0 Å². The summed E-state index contributed by atoms with van der Waals surface area (Å²) < 4.78 is 41.0. The molecule has 1 atom stereocenters. The highest BCUT2D eigenvalue weighted by Crippen LogP contribution is 2.43. The van der Waals surface area contributed by atoms with Crippen molar-refractivity contribution in [2.75, 3.05) is 0 Å². The van der Waals surface area contributed by atoms with Crippen LogP contribution in [0.2, 0.25) is 0 Å². The summed E-state index contributed by atoms with van der Waals surface area (Å²) in [6, 6.07) is 4.58. The molecule has 1 aromatic rings. The lowest BCUT2D eigenvalue weighted by Gasteiger charge is -2.38. The van der Waals surface area contributed by atoms with Gasteiger partial charge >= 0.3 is 6.18 Å². The predicted octanol–water partition coefficient (Wildman–Crippen LogP) is 4.10. The fourth-order valence-corrected chi connectivity index (χ4v) is 2.87. The fraction of sp³-hybridized carbons (Fsp3) is 0.588. The molecule has 1 amide bonds. The van der Waals surface area contributed by atoms with Crippen LogP contribution in [0.5, 0.6) is 0 Å². The van der Waals surface area contributed by atoms with Crippen LogP contribution in [0.4, 0.5) is 13.2 Å². The second-order valence-electron chi connectivity index (χ2n) is 7.71. The minimum Gasteiger partial charge on any atom is -0.287 e. The molecule has 1 aliphatic rings. The van der Waals surface area contributed by atoms with Crippen LogP contribution in [-0.4, -0.2) is 22.6 Å². The van der Waals surface area contributed by atoms with E-state index in [1.165, 1.54) is 12.1 Å². The van der Waals surface area contributed by atoms with Crippen LogP contribution in [0.25, 0.3) is 0 Å². The normalized spacial score (nSPS) is 20.4. The SMILES string of the molecule is CC(C)(C)c1ccc([C@H](N2NC(=O)CC2(C)C)C(F)(F)F)cc1. The minimum atomic E-state index is -4.49. The number of rotatable bonds is 2. The average Bonchev–Trinajstić information content (AvgIpc) is 2.60. The number of nitrogens with zero attached hydrogens (tertiary/aromatic N) is 1. The molecule has 1 aromatic carbocycles. The lowest BCUT2D eigenvalue weighted by atomic mass is 9.86. The monoisotopic (exact) mass is 328 g/mol.